The Morgan fingerprint density at radius 1 is 1.43 bits per heavy atom. The van der Waals surface area contributed by atoms with Crippen LogP contribution in [0, 0.1) is 0 Å². The molecule has 2 nitrogen and oxygen atoms in total. The fourth-order valence-corrected chi connectivity index (χ4v) is 1.15. The lowest BCUT2D eigenvalue weighted by Crippen LogP contribution is -1.95. The molecule has 0 atom stereocenters. The average molecular weight is 189 g/mol. The molecule has 0 heterocycles. The third kappa shape index (κ3) is 2.73. The van der Waals surface area contributed by atoms with Crippen LogP contribution in [-0.4, -0.2) is 5.71 Å². The summed E-state index contributed by atoms with van der Waals surface area (Å²) in [6.07, 6.45) is 2.36. The van der Waals surface area contributed by atoms with Gasteiger partial charge in [0.2, 0.25) is 0 Å². The van der Waals surface area contributed by atoms with Crippen LogP contribution in [0.1, 0.15) is 25.0 Å². The molecule has 0 fully saturated rings. The van der Waals surface area contributed by atoms with E-state index in [2.05, 4.69) is 30.8 Å². The van der Waals surface area contributed by atoms with Crippen molar-refractivity contribution in [1.82, 2.24) is 0 Å². The van der Waals surface area contributed by atoms with Crippen molar-refractivity contribution in [1.29, 1.82) is 0 Å². The maximum atomic E-state index is 4.76. The molecule has 74 valence electrons. The predicted octanol–water partition coefficient (Wildman–Crippen LogP) is 3.13. The van der Waals surface area contributed by atoms with E-state index < -0.39 is 0 Å². The molecule has 1 aromatic carbocycles. The van der Waals surface area contributed by atoms with Crippen molar-refractivity contribution in [2.24, 2.45) is 5.16 Å². The first-order valence-corrected chi connectivity index (χ1v) is 4.68. The first-order valence-electron chi connectivity index (χ1n) is 4.68. The quantitative estimate of drug-likeness (QED) is 0.405. The fourth-order valence-electron chi connectivity index (χ4n) is 1.15. The highest BCUT2D eigenvalue weighted by Gasteiger charge is 1.97. The number of oxime groups is 1. The van der Waals surface area contributed by atoms with Crippen molar-refractivity contribution < 1.29 is 4.84 Å². The fraction of sp³-hybridized carbons (Fsp3) is 0.250. The summed E-state index contributed by atoms with van der Waals surface area (Å²) in [5, 5.41) is 3.87. The smallest absolute Gasteiger partial charge is 0.114 e. The third-order valence-electron chi connectivity index (χ3n) is 2.04. The van der Waals surface area contributed by atoms with Crippen LogP contribution in [0.5, 0.6) is 0 Å². The minimum atomic E-state index is 0.854. The van der Waals surface area contributed by atoms with Gasteiger partial charge in [0.1, 0.15) is 6.26 Å². The topological polar surface area (TPSA) is 21.6 Å². The molecule has 0 aliphatic heterocycles. The molecule has 2 heteroatoms. The lowest BCUT2D eigenvalue weighted by molar-refractivity contribution is 0.269. The molecule has 0 radical (unpaired) electrons. The Labute approximate surface area is 84.9 Å². The summed E-state index contributed by atoms with van der Waals surface area (Å²) in [7, 11) is 0. The first-order chi connectivity index (χ1) is 6.77. The maximum Gasteiger partial charge on any atom is 0.114 e. The summed E-state index contributed by atoms with van der Waals surface area (Å²) in [5.41, 5.74) is 3.25. The van der Waals surface area contributed by atoms with Gasteiger partial charge in [0.15, 0.2) is 0 Å². The zero-order chi connectivity index (χ0) is 10.4. The van der Waals surface area contributed by atoms with Crippen molar-refractivity contribution in [2.75, 3.05) is 0 Å². The molecule has 0 aromatic heterocycles. The lowest BCUT2D eigenvalue weighted by Gasteiger charge is -2.01. The number of hydrogen-bond donors (Lipinski definition) is 0. The molecule has 0 unspecified atom stereocenters. The van der Waals surface area contributed by atoms with E-state index in [0.29, 0.717) is 0 Å². The molecule has 0 aliphatic carbocycles. The Balaban J connectivity index is 2.80. The van der Waals surface area contributed by atoms with Gasteiger partial charge in [-0.05, 0) is 24.5 Å². The number of rotatable bonds is 4. The maximum absolute atomic E-state index is 4.76. The molecule has 1 aromatic rings. The van der Waals surface area contributed by atoms with Crippen LogP contribution in [0.2, 0.25) is 0 Å². The predicted molar refractivity (Wildman–Crippen MR) is 59.3 cm³/mol. The summed E-state index contributed by atoms with van der Waals surface area (Å²) in [5.74, 6) is 0. The first kappa shape index (κ1) is 10.5. The molecular formula is C12H15NO. The van der Waals surface area contributed by atoms with Gasteiger partial charge in [0.05, 0.1) is 5.71 Å². The summed E-state index contributed by atoms with van der Waals surface area (Å²) in [6, 6.07) is 8.29. The number of nitrogens with zero attached hydrogens (tertiary/aromatic N) is 1. The van der Waals surface area contributed by atoms with Crippen LogP contribution in [0.3, 0.4) is 0 Å². The average Bonchev–Trinajstić information content (AvgIpc) is 2.26. The van der Waals surface area contributed by atoms with E-state index >= 15 is 0 Å². The van der Waals surface area contributed by atoms with E-state index in [1.807, 2.05) is 19.1 Å². The second-order valence-electron chi connectivity index (χ2n) is 3.00. The number of aryl methyl sites for hydroxylation is 1. The molecule has 0 spiro atoms. The van der Waals surface area contributed by atoms with Crippen molar-refractivity contribution in [2.45, 2.75) is 20.3 Å². The van der Waals surface area contributed by atoms with Gasteiger partial charge in [-0.2, -0.15) is 0 Å². The van der Waals surface area contributed by atoms with Crippen LogP contribution < -0.4 is 0 Å². The second kappa shape index (κ2) is 5.22. The SMILES string of the molecule is C=CO/N=C(\C)c1ccc(CC)cc1. The molecule has 0 bridgehead atoms. The van der Waals surface area contributed by atoms with Crippen LogP contribution in [-0.2, 0) is 11.3 Å². The molecule has 0 N–H and O–H groups in total. The minimum absolute atomic E-state index is 0.854. The van der Waals surface area contributed by atoms with Crippen molar-refractivity contribution in [3.05, 3.63) is 48.2 Å². The Hall–Kier alpha value is -1.57. The molecular weight excluding hydrogens is 174 g/mol. The van der Waals surface area contributed by atoms with E-state index in [1.54, 1.807) is 0 Å². The van der Waals surface area contributed by atoms with Gasteiger partial charge in [-0.15, -0.1) is 0 Å². The standard InChI is InChI=1S/C12H15NO/c1-4-11-6-8-12(9-7-11)10(3)13-14-5-2/h5-9H,2,4H2,1,3H3/b13-10+. The van der Waals surface area contributed by atoms with E-state index in [0.717, 1.165) is 17.7 Å². The van der Waals surface area contributed by atoms with Gasteiger partial charge in [0.25, 0.3) is 0 Å². The molecule has 0 amide bonds. The molecule has 1 rings (SSSR count). The van der Waals surface area contributed by atoms with Gasteiger partial charge in [-0.25, -0.2) is 0 Å². The van der Waals surface area contributed by atoms with Crippen molar-refractivity contribution in [3.63, 3.8) is 0 Å². The van der Waals surface area contributed by atoms with Gasteiger partial charge < -0.3 is 4.84 Å². The van der Waals surface area contributed by atoms with Crippen molar-refractivity contribution >= 4 is 5.71 Å². The summed E-state index contributed by atoms with van der Waals surface area (Å²) < 4.78 is 0. The normalized spacial score (nSPS) is 11.1. The molecule has 0 aliphatic rings. The van der Waals surface area contributed by atoms with Gasteiger partial charge in [0, 0.05) is 0 Å². The Bertz CT molecular complexity index is 325. The summed E-state index contributed by atoms with van der Waals surface area (Å²) in [6.45, 7) is 7.47. The Morgan fingerprint density at radius 3 is 2.57 bits per heavy atom. The monoisotopic (exact) mass is 189 g/mol. The zero-order valence-corrected chi connectivity index (χ0v) is 8.66. The largest absolute Gasteiger partial charge is 0.365 e. The van der Waals surface area contributed by atoms with E-state index in [1.165, 1.54) is 11.8 Å². The lowest BCUT2D eigenvalue weighted by atomic mass is 10.1. The van der Waals surface area contributed by atoms with E-state index in [-0.39, 0.29) is 0 Å². The van der Waals surface area contributed by atoms with E-state index in [9.17, 15) is 0 Å². The second-order valence-corrected chi connectivity index (χ2v) is 3.00. The van der Waals surface area contributed by atoms with Crippen LogP contribution in [0.25, 0.3) is 0 Å². The Kier molecular flexibility index (Phi) is 3.92. The highest BCUT2D eigenvalue weighted by atomic mass is 16.6. The van der Waals surface area contributed by atoms with Crippen LogP contribution in [0.4, 0.5) is 0 Å². The highest BCUT2D eigenvalue weighted by Crippen LogP contribution is 2.06. The van der Waals surface area contributed by atoms with Crippen molar-refractivity contribution in [3.8, 4) is 0 Å². The Morgan fingerprint density at radius 2 is 2.07 bits per heavy atom. The summed E-state index contributed by atoms with van der Waals surface area (Å²) >= 11 is 0. The molecule has 14 heavy (non-hydrogen) atoms. The van der Waals surface area contributed by atoms with Gasteiger partial charge in [-0.3, -0.25) is 0 Å². The number of hydrogen-bond acceptors (Lipinski definition) is 2. The minimum Gasteiger partial charge on any atom is -0.365 e. The van der Waals surface area contributed by atoms with Crippen LogP contribution in [0.15, 0.2) is 42.3 Å². The number of benzene rings is 1. The highest BCUT2D eigenvalue weighted by molar-refractivity contribution is 5.98. The summed E-state index contributed by atoms with van der Waals surface area (Å²) in [4.78, 5) is 4.76. The van der Waals surface area contributed by atoms with E-state index in [4.69, 9.17) is 4.84 Å². The molecule has 0 saturated carbocycles. The van der Waals surface area contributed by atoms with Gasteiger partial charge >= 0.3 is 0 Å². The third-order valence-corrected chi connectivity index (χ3v) is 2.04. The van der Waals surface area contributed by atoms with Crippen LogP contribution >= 0.6 is 0 Å². The molecule has 0 saturated heterocycles. The van der Waals surface area contributed by atoms with Gasteiger partial charge in [-0.1, -0.05) is 42.9 Å². The zero-order valence-electron chi connectivity index (χ0n) is 8.66.